The molecule has 10 heteroatoms. The van der Waals surface area contributed by atoms with Gasteiger partial charge in [-0.2, -0.15) is 5.26 Å². The predicted molar refractivity (Wildman–Crippen MR) is 125 cm³/mol. The number of rotatable bonds is 6. The lowest BCUT2D eigenvalue weighted by Gasteiger charge is -2.16. The highest BCUT2D eigenvalue weighted by Gasteiger charge is 2.26. The van der Waals surface area contributed by atoms with Gasteiger partial charge in [0.2, 0.25) is 12.7 Å². The standard InChI is InChI=1S/C24H18Cl2N2O6/c1-3-32-22-16(25)7-14(8-17(22)26)21(29)20-12(2)15(9-27)23(30)28(24(20)31)10-13-4-5-18-19(6-13)34-11-33-18/h4-8,31H,3,10-11H2,1-2H3. The maximum Gasteiger partial charge on any atom is 0.271 e. The largest absolute Gasteiger partial charge is 0.494 e. The quantitative estimate of drug-likeness (QED) is 0.497. The van der Waals surface area contributed by atoms with E-state index in [-0.39, 0.29) is 51.4 Å². The van der Waals surface area contributed by atoms with Crippen molar-refractivity contribution in [2.24, 2.45) is 0 Å². The summed E-state index contributed by atoms with van der Waals surface area (Å²) in [6, 6.07) is 9.59. The first kappa shape index (κ1) is 23.5. The summed E-state index contributed by atoms with van der Waals surface area (Å²) in [5.74, 6) is 0.0478. The first-order valence-electron chi connectivity index (χ1n) is 10.2. The third kappa shape index (κ3) is 4.04. The zero-order chi connectivity index (χ0) is 24.6. The molecule has 0 amide bonds. The fraction of sp³-hybridized carbons (Fsp3) is 0.208. The fourth-order valence-corrected chi connectivity index (χ4v) is 4.31. The van der Waals surface area contributed by atoms with Gasteiger partial charge < -0.3 is 19.3 Å². The molecule has 1 N–H and O–H groups in total. The van der Waals surface area contributed by atoms with Crippen LogP contribution in [0, 0.1) is 18.3 Å². The summed E-state index contributed by atoms with van der Waals surface area (Å²) in [6.45, 7) is 3.48. The van der Waals surface area contributed by atoms with E-state index in [1.165, 1.54) is 19.1 Å². The molecule has 0 atom stereocenters. The number of benzene rings is 2. The molecule has 8 nitrogen and oxygen atoms in total. The van der Waals surface area contributed by atoms with Gasteiger partial charge in [-0.15, -0.1) is 0 Å². The number of pyridine rings is 1. The number of ketones is 1. The van der Waals surface area contributed by atoms with Crippen LogP contribution in [0.4, 0.5) is 0 Å². The fourth-order valence-electron chi connectivity index (χ4n) is 3.71. The van der Waals surface area contributed by atoms with Gasteiger partial charge in [0.1, 0.15) is 11.6 Å². The Hall–Kier alpha value is -3.67. The Kier molecular flexibility index (Phi) is 6.42. The van der Waals surface area contributed by atoms with Crippen LogP contribution in [0.1, 0.15) is 39.5 Å². The third-order valence-electron chi connectivity index (χ3n) is 5.35. The molecule has 1 aliphatic rings. The molecule has 1 aliphatic heterocycles. The lowest BCUT2D eigenvalue weighted by molar-refractivity contribution is 0.103. The second-order valence-corrected chi connectivity index (χ2v) is 8.23. The van der Waals surface area contributed by atoms with E-state index in [1.54, 1.807) is 25.1 Å². The van der Waals surface area contributed by atoms with Crippen LogP contribution in [0.15, 0.2) is 35.1 Å². The maximum atomic E-state index is 13.4. The molecule has 0 aliphatic carbocycles. The van der Waals surface area contributed by atoms with Crippen molar-refractivity contribution in [2.45, 2.75) is 20.4 Å². The zero-order valence-corrected chi connectivity index (χ0v) is 19.7. The van der Waals surface area contributed by atoms with Gasteiger partial charge in [0.15, 0.2) is 23.0 Å². The molecule has 0 bridgehead atoms. The molecule has 4 rings (SSSR count). The Morgan fingerprint density at radius 2 is 1.88 bits per heavy atom. The molecule has 0 unspecified atom stereocenters. The van der Waals surface area contributed by atoms with E-state index in [0.29, 0.717) is 23.7 Å². The summed E-state index contributed by atoms with van der Waals surface area (Å²) < 4.78 is 17.0. The number of hydrogen-bond acceptors (Lipinski definition) is 7. The van der Waals surface area contributed by atoms with E-state index in [4.69, 9.17) is 37.4 Å². The second kappa shape index (κ2) is 9.29. The first-order chi connectivity index (χ1) is 16.3. The van der Waals surface area contributed by atoms with E-state index in [1.807, 2.05) is 6.07 Å². The van der Waals surface area contributed by atoms with Gasteiger partial charge in [-0.25, -0.2) is 0 Å². The Bertz CT molecular complexity index is 1400. The van der Waals surface area contributed by atoms with Gasteiger partial charge in [0.25, 0.3) is 5.56 Å². The van der Waals surface area contributed by atoms with Gasteiger partial charge in [0, 0.05) is 5.56 Å². The molecular weight excluding hydrogens is 483 g/mol. The average Bonchev–Trinajstić information content (AvgIpc) is 3.27. The van der Waals surface area contributed by atoms with Crippen molar-refractivity contribution >= 4 is 29.0 Å². The smallest absolute Gasteiger partial charge is 0.271 e. The van der Waals surface area contributed by atoms with Crippen LogP contribution in [-0.2, 0) is 6.54 Å². The van der Waals surface area contributed by atoms with Gasteiger partial charge in [-0.05, 0) is 49.2 Å². The summed E-state index contributed by atoms with van der Waals surface area (Å²) in [5, 5.41) is 20.9. The van der Waals surface area contributed by atoms with E-state index in [9.17, 15) is 20.0 Å². The number of nitrogens with zero attached hydrogens (tertiary/aromatic N) is 2. The van der Waals surface area contributed by atoms with Gasteiger partial charge in [-0.3, -0.25) is 14.2 Å². The van der Waals surface area contributed by atoms with Gasteiger partial charge in [0.05, 0.1) is 28.8 Å². The Morgan fingerprint density at radius 3 is 2.53 bits per heavy atom. The molecule has 2 heterocycles. The molecular formula is C24H18Cl2N2O6. The van der Waals surface area contributed by atoms with Crippen LogP contribution >= 0.6 is 23.2 Å². The van der Waals surface area contributed by atoms with Crippen LogP contribution in [0.3, 0.4) is 0 Å². The van der Waals surface area contributed by atoms with Crippen molar-refractivity contribution < 1.29 is 24.1 Å². The molecule has 0 saturated heterocycles. The molecule has 0 spiro atoms. The molecule has 1 aromatic heterocycles. The minimum atomic E-state index is -0.727. The molecule has 0 saturated carbocycles. The molecule has 174 valence electrons. The summed E-state index contributed by atoms with van der Waals surface area (Å²) in [7, 11) is 0. The number of carbonyl (C=O) groups excluding carboxylic acids is 1. The minimum absolute atomic E-state index is 0.0538. The average molecular weight is 501 g/mol. The highest BCUT2D eigenvalue weighted by molar-refractivity contribution is 6.38. The Balaban J connectivity index is 1.83. The highest BCUT2D eigenvalue weighted by atomic mass is 35.5. The first-order valence-corrected chi connectivity index (χ1v) is 10.9. The van der Waals surface area contributed by atoms with Crippen LogP contribution in [0.2, 0.25) is 10.0 Å². The predicted octanol–water partition coefficient (Wildman–Crippen LogP) is 4.45. The monoisotopic (exact) mass is 500 g/mol. The van der Waals surface area contributed by atoms with Crippen LogP contribution in [-0.4, -0.2) is 28.9 Å². The molecule has 3 aromatic rings. The number of nitriles is 1. The zero-order valence-electron chi connectivity index (χ0n) is 18.1. The number of carbonyl (C=O) groups is 1. The van der Waals surface area contributed by atoms with Crippen molar-refractivity contribution in [3.8, 4) is 29.2 Å². The molecule has 34 heavy (non-hydrogen) atoms. The molecule has 2 aromatic carbocycles. The van der Waals surface area contributed by atoms with Crippen molar-refractivity contribution in [1.29, 1.82) is 5.26 Å². The van der Waals surface area contributed by atoms with E-state index in [2.05, 4.69) is 0 Å². The van der Waals surface area contributed by atoms with Crippen LogP contribution < -0.4 is 19.8 Å². The SMILES string of the molecule is CCOc1c(Cl)cc(C(=O)c2c(C)c(C#N)c(=O)n(Cc3ccc4c(c3)OCO4)c2O)cc1Cl. The minimum Gasteiger partial charge on any atom is -0.494 e. The number of aromatic nitrogens is 1. The topological polar surface area (TPSA) is 111 Å². The van der Waals surface area contributed by atoms with Crippen LogP contribution in [0.5, 0.6) is 23.1 Å². The Labute approximate surface area is 204 Å². The van der Waals surface area contributed by atoms with E-state index < -0.39 is 17.2 Å². The number of halogens is 2. The van der Waals surface area contributed by atoms with Crippen molar-refractivity contribution in [3.05, 3.63) is 78.5 Å². The van der Waals surface area contributed by atoms with Crippen molar-refractivity contribution in [2.75, 3.05) is 13.4 Å². The van der Waals surface area contributed by atoms with E-state index in [0.717, 1.165) is 4.57 Å². The molecule has 0 radical (unpaired) electrons. The van der Waals surface area contributed by atoms with E-state index >= 15 is 0 Å². The normalized spacial score (nSPS) is 11.9. The summed E-state index contributed by atoms with van der Waals surface area (Å²) in [5.41, 5.74) is -0.472. The Morgan fingerprint density at radius 1 is 1.21 bits per heavy atom. The lowest BCUT2D eigenvalue weighted by Crippen LogP contribution is -2.27. The molecule has 0 fully saturated rings. The van der Waals surface area contributed by atoms with Gasteiger partial charge >= 0.3 is 0 Å². The van der Waals surface area contributed by atoms with Gasteiger partial charge in [-0.1, -0.05) is 29.3 Å². The number of hydrogen-bond donors (Lipinski definition) is 1. The summed E-state index contributed by atoms with van der Waals surface area (Å²) in [4.78, 5) is 26.4. The second-order valence-electron chi connectivity index (χ2n) is 7.42. The number of aromatic hydroxyl groups is 1. The summed E-state index contributed by atoms with van der Waals surface area (Å²) >= 11 is 12.5. The highest BCUT2D eigenvalue weighted by Crippen LogP contribution is 2.36. The maximum absolute atomic E-state index is 13.4. The third-order valence-corrected chi connectivity index (χ3v) is 5.92. The van der Waals surface area contributed by atoms with Crippen molar-refractivity contribution in [1.82, 2.24) is 4.57 Å². The number of fused-ring (bicyclic) bond motifs is 1. The lowest BCUT2D eigenvalue weighted by atomic mass is 9.97. The van der Waals surface area contributed by atoms with Crippen molar-refractivity contribution in [3.63, 3.8) is 0 Å². The van der Waals surface area contributed by atoms with Crippen LogP contribution in [0.25, 0.3) is 0 Å². The summed E-state index contributed by atoms with van der Waals surface area (Å²) in [6.07, 6.45) is 0. The number of ether oxygens (including phenoxy) is 3.